The number of nitrogens with one attached hydrogen (secondary N) is 1. The van der Waals surface area contributed by atoms with Gasteiger partial charge < -0.3 is 10.4 Å². The summed E-state index contributed by atoms with van der Waals surface area (Å²) in [5.74, 6) is -0.0196. The summed E-state index contributed by atoms with van der Waals surface area (Å²) in [5, 5.41) is 12.3. The van der Waals surface area contributed by atoms with Gasteiger partial charge in [0.2, 0.25) is 5.91 Å². The molecule has 0 aliphatic carbocycles. The van der Waals surface area contributed by atoms with Crippen LogP contribution in [0, 0.1) is 0 Å². The number of amides is 1. The van der Waals surface area contributed by atoms with Crippen molar-refractivity contribution >= 4 is 5.91 Å². The first-order chi connectivity index (χ1) is 10.3. The Morgan fingerprint density at radius 2 is 1.62 bits per heavy atom. The van der Waals surface area contributed by atoms with Crippen LogP contribution in [0.25, 0.3) is 0 Å². The minimum atomic E-state index is -0.324. The van der Waals surface area contributed by atoms with Crippen molar-refractivity contribution in [3.8, 4) is 0 Å². The van der Waals surface area contributed by atoms with Gasteiger partial charge in [-0.25, -0.2) is 0 Å². The highest BCUT2D eigenvalue weighted by Crippen LogP contribution is 2.12. The lowest BCUT2D eigenvalue weighted by molar-refractivity contribution is -0.122. The number of carbonyl (C=O) groups excluding carboxylic acids is 1. The van der Waals surface area contributed by atoms with Crippen molar-refractivity contribution in [2.45, 2.75) is 25.3 Å². The zero-order valence-electron chi connectivity index (χ0n) is 12.0. The molecular weight excluding hydrogens is 262 g/mol. The molecule has 0 aromatic heterocycles. The highest BCUT2D eigenvalue weighted by molar-refractivity contribution is 5.76. The second-order valence-electron chi connectivity index (χ2n) is 5.05. The average Bonchev–Trinajstić information content (AvgIpc) is 2.54. The van der Waals surface area contributed by atoms with Crippen molar-refractivity contribution in [1.82, 2.24) is 5.32 Å². The maximum atomic E-state index is 12.0. The molecule has 1 atom stereocenters. The van der Waals surface area contributed by atoms with Crippen molar-refractivity contribution in [3.05, 3.63) is 71.8 Å². The second-order valence-corrected chi connectivity index (χ2v) is 5.05. The number of hydrogen-bond acceptors (Lipinski definition) is 2. The summed E-state index contributed by atoms with van der Waals surface area (Å²) in [6.07, 6.45) is 2.17. The van der Waals surface area contributed by atoms with Gasteiger partial charge in [0.15, 0.2) is 0 Å². The van der Waals surface area contributed by atoms with Crippen molar-refractivity contribution < 1.29 is 9.90 Å². The molecular formula is C18H21NO2. The SMILES string of the molecule is O=C(CCCc1ccccc1)NC(CO)c1ccccc1. The average molecular weight is 283 g/mol. The van der Waals surface area contributed by atoms with E-state index in [1.54, 1.807) is 0 Å². The summed E-state index contributed by atoms with van der Waals surface area (Å²) in [5.41, 5.74) is 2.17. The summed E-state index contributed by atoms with van der Waals surface area (Å²) in [7, 11) is 0. The standard InChI is InChI=1S/C18H21NO2/c20-14-17(16-11-5-2-6-12-16)19-18(21)13-7-10-15-8-3-1-4-9-15/h1-6,8-9,11-12,17,20H,7,10,13-14H2,(H,19,21). The molecule has 2 aromatic rings. The van der Waals surface area contributed by atoms with Gasteiger partial charge in [0.25, 0.3) is 0 Å². The molecule has 2 aromatic carbocycles. The molecule has 110 valence electrons. The Bertz CT molecular complexity index is 540. The fourth-order valence-corrected chi connectivity index (χ4v) is 2.28. The third-order valence-corrected chi connectivity index (χ3v) is 3.43. The summed E-state index contributed by atoms with van der Waals surface area (Å²) < 4.78 is 0. The molecule has 2 rings (SSSR count). The summed E-state index contributed by atoms with van der Waals surface area (Å²) in [4.78, 5) is 12.0. The van der Waals surface area contributed by atoms with E-state index in [1.807, 2.05) is 48.5 Å². The summed E-state index contributed by atoms with van der Waals surface area (Å²) in [6, 6.07) is 19.3. The van der Waals surface area contributed by atoms with Crippen molar-refractivity contribution in [3.63, 3.8) is 0 Å². The van der Waals surface area contributed by atoms with E-state index in [-0.39, 0.29) is 18.6 Å². The van der Waals surface area contributed by atoms with Crippen LogP contribution in [0.15, 0.2) is 60.7 Å². The monoisotopic (exact) mass is 283 g/mol. The van der Waals surface area contributed by atoms with E-state index >= 15 is 0 Å². The van der Waals surface area contributed by atoms with E-state index in [0.29, 0.717) is 6.42 Å². The predicted octanol–water partition coefficient (Wildman–Crippen LogP) is 2.86. The lowest BCUT2D eigenvalue weighted by Gasteiger charge is -2.16. The number of aliphatic hydroxyl groups excluding tert-OH is 1. The molecule has 1 amide bonds. The van der Waals surface area contributed by atoms with Crippen molar-refractivity contribution in [1.29, 1.82) is 0 Å². The predicted molar refractivity (Wildman–Crippen MR) is 83.8 cm³/mol. The van der Waals surface area contributed by atoms with Crippen LogP contribution in [0.4, 0.5) is 0 Å². The Labute approximate surface area is 125 Å². The van der Waals surface area contributed by atoms with Crippen molar-refractivity contribution in [2.75, 3.05) is 6.61 Å². The van der Waals surface area contributed by atoms with E-state index in [0.717, 1.165) is 18.4 Å². The topological polar surface area (TPSA) is 49.3 Å². The van der Waals surface area contributed by atoms with Crippen molar-refractivity contribution in [2.24, 2.45) is 0 Å². The molecule has 3 heteroatoms. The molecule has 0 heterocycles. The van der Waals surface area contributed by atoms with E-state index in [9.17, 15) is 9.90 Å². The van der Waals surface area contributed by atoms with E-state index in [1.165, 1.54) is 5.56 Å². The second kappa shape index (κ2) is 8.22. The fraction of sp³-hybridized carbons (Fsp3) is 0.278. The quantitative estimate of drug-likeness (QED) is 0.821. The molecule has 3 nitrogen and oxygen atoms in total. The Kier molecular flexibility index (Phi) is 5.98. The number of carbonyl (C=O) groups is 1. The third kappa shape index (κ3) is 5.04. The summed E-state index contributed by atoms with van der Waals surface area (Å²) in [6.45, 7) is -0.0889. The van der Waals surface area contributed by atoms with Gasteiger partial charge in [-0.1, -0.05) is 60.7 Å². The fourth-order valence-electron chi connectivity index (χ4n) is 2.28. The zero-order chi connectivity index (χ0) is 14.9. The Morgan fingerprint density at radius 1 is 1.00 bits per heavy atom. The molecule has 0 fully saturated rings. The normalized spacial score (nSPS) is 11.9. The van der Waals surface area contributed by atoms with E-state index < -0.39 is 0 Å². The van der Waals surface area contributed by atoms with Crippen LogP contribution < -0.4 is 5.32 Å². The maximum Gasteiger partial charge on any atom is 0.220 e. The van der Waals surface area contributed by atoms with Gasteiger partial charge in [-0.3, -0.25) is 4.79 Å². The van der Waals surface area contributed by atoms with Crippen LogP contribution in [-0.4, -0.2) is 17.6 Å². The lowest BCUT2D eigenvalue weighted by atomic mass is 10.1. The molecule has 0 radical (unpaired) electrons. The molecule has 1 unspecified atom stereocenters. The van der Waals surface area contributed by atoms with Gasteiger partial charge in [0.05, 0.1) is 12.6 Å². The Morgan fingerprint density at radius 3 is 2.24 bits per heavy atom. The Balaban J connectivity index is 1.78. The van der Waals surface area contributed by atoms with Crippen LogP contribution in [0.1, 0.15) is 30.0 Å². The van der Waals surface area contributed by atoms with Gasteiger partial charge in [-0.05, 0) is 24.0 Å². The molecule has 0 aliphatic heterocycles. The molecule has 2 N–H and O–H groups in total. The molecule has 0 bridgehead atoms. The largest absolute Gasteiger partial charge is 0.394 e. The zero-order valence-corrected chi connectivity index (χ0v) is 12.0. The highest BCUT2D eigenvalue weighted by Gasteiger charge is 2.12. The maximum absolute atomic E-state index is 12.0. The van der Waals surface area contributed by atoms with Gasteiger partial charge in [0, 0.05) is 6.42 Å². The molecule has 0 saturated heterocycles. The lowest BCUT2D eigenvalue weighted by Crippen LogP contribution is -2.30. The van der Waals surface area contributed by atoms with Crippen LogP contribution >= 0.6 is 0 Å². The van der Waals surface area contributed by atoms with E-state index in [4.69, 9.17) is 0 Å². The number of aryl methyl sites for hydroxylation is 1. The highest BCUT2D eigenvalue weighted by atomic mass is 16.3. The molecule has 0 saturated carbocycles. The van der Waals surface area contributed by atoms with Gasteiger partial charge >= 0.3 is 0 Å². The first-order valence-electron chi connectivity index (χ1n) is 7.28. The third-order valence-electron chi connectivity index (χ3n) is 3.43. The van der Waals surface area contributed by atoms with Gasteiger partial charge in [0.1, 0.15) is 0 Å². The molecule has 0 aliphatic rings. The molecule has 21 heavy (non-hydrogen) atoms. The minimum Gasteiger partial charge on any atom is -0.394 e. The van der Waals surface area contributed by atoms with Crippen LogP contribution in [0.5, 0.6) is 0 Å². The Hall–Kier alpha value is -2.13. The number of hydrogen-bond donors (Lipinski definition) is 2. The number of benzene rings is 2. The van der Waals surface area contributed by atoms with Gasteiger partial charge in [-0.15, -0.1) is 0 Å². The first-order valence-corrected chi connectivity index (χ1v) is 7.28. The van der Waals surface area contributed by atoms with Gasteiger partial charge in [-0.2, -0.15) is 0 Å². The minimum absolute atomic E-state index is 0.0196. The summed E-state index contributed by atoms with van der Waals surface area (Å²) >= 11 is 0. The molecule has 0 spiro atoms. The van der Waals surface area contributed by atoms with Crippen LogP contribution in [0.3, 0.4) is 0 Å². The van der Waals surface area contributed by atoms with E-state index in [2.05, 4.69) is 17.4 Å². The van der Waals surface area contributed by atoms with Crippen LogP contribution in [0.2, 0.25) is 0 Å². The number of aliphatic hydroxyl groups is 1. The first kappa shape index (κ1) is 15.3. The number of rotatable bonds is 7. The smallest absolute Gasteiger partial charge is 0.220 e. The van der Waals surface area contributed by atoms with Crippen LogP contribution in [-0.2, 0) is 11.2 Å².